The molecule has 0 spiro atoms. The van der Waals surface area contributed by atoms with Gasteiger partial charge >= 0.3 is 6.36 Å². The third-order valence-electron chi connectivity index (χ3n) is 4.76. The molecule has 1 aliphatic heterocycles. The van der Waals surface area contributed by atoms with Crippen LogP contribution in [0.4, 0.5) is 18.9 Å². The molecule has 0 bridgehead atoms. The monoisotopic (exact) mass is 459 g/mol. The average Bonchev–Trinajstić information content (AvgIpc) is 3.19. The van der Waals surface area contributed by atoms with Gasteiger partial charge in [0.05, 0.1) is 0 Å². The Morgan fingerprint density at radius 1 is 1.16 bits per heavy atom. The van der Waals surface area contributed by atoms with Crippen molar-refractivity contribution < 1.29 is 32.2 Å². The topological polar surface area (TPSA) is 88.7 Å². The highest BCUT2D eigenvalue weighted by molar-refractivity contribution is 5.89. The second-order valence-corrected chi connectivity index (χ2v) is 9.19. The third-order valence-corrected chi connectivity index (χ3v) is 4.76. The Kier molecular flexibility index (Phi) is 8.77. The Hall–Kier alpha value is -2.49. The molecule has 1 aromatic rings. The van der Waals surface area contributed by atoms with E-state index >= 15 is 0 Å². The highest BCUT2D eigenvalue weighted by atomic mass is 19.4. The van der Waals surface area contributed by atoms with Crippen LogP contribution < -0.4 is 20.7 Å². The fraction of sp³-hybridized carbons (Fsp3) is 0.636. The first-order valence-electron chi connectivity index (χ1n) is 10.6. The predicted octanol–water partition coefficient (Wildman–Crippen LogP) is 3.60. The number of carbonyl (C=O) groups is 2. The van der Waals surface area contributed by atoms with Crippen molar-refractivity contribution in [3.8, 4) is 5.75 Å². The van der Waals surface area contributed by atoms with E-state index in [-0.39, 0.29) is 29.0 Å². The van der Waals surface area contributed by atoms with Crippen LogP contribution in [0, 0.1) is 5.41 Å². The first-order chi connectivity index (χ1) is 14.8. The minimum atomic E-state index is -4.74. The number of halogens is 3. The molecule has 10 heteroatoms. The maximum absolute atomic E-state index is 12.9. The minimum Gasteiger partial charge on any atom is -0.406 e. The van der Waals surface area contributed by atoms with Crippen LogP contribution in [0.15, 0.2) is 24.3 Å². The van der Waals surface area contributed by atoms with Gasteiger partial charge in [-0.25, -0.2) is 0 Å². The molecule has 0 radical (unpaired) electrons. The molecule has 3 atom stereocenters. The van der Waals surface area contributed by atoms with E-state index in [9.17, 15) is 22.8 Å². The van der Waals surface area contributed by atoms with Crippen molar-refractivity contribution in [2.75, 3.05) is 18.5 Å². The molecule has 7 nitrogen and oxygen atoms in total. The van der Waals surface area contributed by atoms with Crippen LogP contribution in [0.25, 0.3) is 0 Å². The highest BCUT2D eigenvalue weighted by Crippen LogP contribution is 2.24. The Morgan fingerprint density at radius 3 is 2.34 bits per heavy atom. The van der Waals surface area contributed by atoms with Crippen LogP contribution in [-0.4, -0.2) is 49.5 Å². The lowest BCUT2D eigenvalue weighted by Gasteiger charge is -2.28. The number of hydrogen-bond donors (Lipinski definition) is 3. The summed E-state index contributed by atoms with van der Waals surface area (Å²) in [6.45, 7) is 8.64. The molecule has 3 N–H and O–H groups in total. The zero-order valence-corrected chi connectivity index (χ0v) is 18.8. The second kappa shape index (κ2) is 10.9. The number of rotatable bonds is 9. The second-order valence-electron chi connectivity index (χ2n) is 9.19. The van der Waals surface area contributed by atoms with Gasteiger partial charge in [-0.2, -0.15) is 0 Å². The van der Waals surface area contributed by atoms with Gasteiger partial charge in [-0.05, 0) is 55.9 Å². The summed E-state index contributed by atoms with van der Waals surface area (Å²) in [7, 11) is 0. The van der Waals surface area contributed by atoms with Crippen molar-refractivity contribution in [3.05, 3.63) is 24.3 Å². The van der Waals surface area contributed by atoms with E-state index in [2.05, 4.69) is 20.7 Å². The lowest BCUT2D eigenvalue weighted by Crippen LogP contribution is -2.53. The summed E-state index contributed by atoms with van der Waals surface area (Å²) in [6, 6.07) is 4.33. The van der Waals surface area contributed by atoms with Crippen LogP contribution in [0.5, 0.6) is 5.75 Å². The zero-order chi connectivity index (χ0) is 23.9. The first-order valence-corrected chi connectivity index (χ1v) is 10.6. The maximum Gasteiger partial charge on any atom is 0.573 e. The maximum atomic E-state index is 12.9. The summed E-state index contributed by atoms with van der Waals surface area (Å²) in [5.74, 6) is -0.884. The van der Waals surface area contributed by atoms with Crippen molar-refractivity contribution in [2.45, 2.75) is 71.5 Å². The largest absolute Gasteiger partial charge is 0.573 e. The van der Waals surface area contributed by atoms with Crippen LogP contribution in [-0.2, 0) is 14.3 Å². The van der Waals surface area contributed by atoms with E-state index in [0.717, 1.165) is 6.42 Å². The number of hydrogen-bond acceptors (Lipinski definition) is 5. The highest BCUT2D eigenvalue weighted by Gasteiger charge is 2.32. The van der Waals surface area contributed by atoms with Gasteiger partial charge in [0, 0.05) is 24.9 Å². The van der Waals surface area contributed by atoms with Gasteiger partial charge in [-0.3, -0.25) is 9.59 Å². The van der Waals surface area contributed by atoms with Gasteiger partial charge in [-0.1, -0.05) is 20.8 Å². The Balaban J connectivity index is 1.88. The van der Waals surface area contributed by atoms with Gasteiger partial charge in [0.1, 0.15) is 17.9 Å². The number of benzene rings is 1. The SMILES string of the molecule is C[C@@H](CNc1ccc(OC(F)(F)F)cc1)NC(=O)[C@H](CC(C)(C)C)NC(=O)[C@H]1CCCO1. The number of nitrogens with one attached hydrogen (secondary N) is 3. The number of alkyl halides is 3. The van der Waals surface area contributed by atoms with E-state index in [4.69, 9.17) is 4.74 Å². The van der Waals surface area contributed by atoms with Crippen molar-refractivity contribution in [2.24, 2.45) is 5.41 Å². The van der Waals surface area contributed by atoms with Crippen molar-refractivity contribution in [3.63, 3.8) is 0 Å². The summed E-state index contributed by atoms with van der Waals surface area (Å²) >= 11 is 0. The normalized spacial score (nSPS) is 18.5. The summed E-state index contributed by atoms with van der Waals surface area (Å²) < 4.78 is 46.0. The molecule has 0 aliphatic carbocycles. The molecule has 1 fully saturated rings. The van der Waals surface area contributed by atoms with E-state index in [1.165, 1.54) is 24.3 Å². The van der Waals surface area contributed by atoms with Gasteiger partial charge in [0.2, 0.25) is 11.8 Å². The fourth-order valence-electron chi connectivity index (χ4n) is 3.31. The molecule has 1 aromatic carbocycles. The van der Waals surface area contributed by atoms with Crippen molar-refractivity contribution >= 4 is 17.5 Å². The van der Waals surface area contributed by atoms with Crippen LogP contribution in [0.1, 0.15) is 47.0 Å². The predicted molar refractivity (Wildman–Crippen MR) is 114 cm³/mol. The van der Waals surface area contributed by atoms with Crippen LogP contribution in [0.2, 0.25) is 0 Å². The summed E-state index contributed by atoms with van der Waals surface area (Å²) in [4.78, 5) is 25.3. The van der Waals surface area contributed by atoms with Crippen LogP contribution >= 0.6 is 0 Å². The zero-order valence-electron chi connectivity index (χ0n) is 18.8. The number of ether oxygens (including phenoxy) is 2. The van der Waals surface area contributed by atoms with E-state index < -0.39 is 18.5 Å². The molecule has 180 valence electrons. The Labute approximate surface area is 186 Å². The molecule has 0 aromatic heterocycles. The van der Waals surface area contributed by atoms with E-state index in [1.807, 2.05) is 20.8 Å². The lowest BCUT2D eigenvalue weighted by atomic mass is 9.87. The smallest absolute Gasteiger partial charge is 0.406 e. The average molecular weight is 460 g/mol. The Bertz CT molecular complexity index is 757. The molecule has 1 heterocycles. The summed E-state index contributed by atoms with van der Waals surface area (Å²) in [5.41, 5.74) is 0.395. The standard InChI is InChI=1S/C22H32F3N3O4/c1-14(13-26-15-7-9-16(10-8-15)32-22(23,24)25)27-19(29)17(12-21(2,3)4)28-20(30)18-6-5-11-31-18/h7-10,14,17-18,26H,5-6,11-13H2,1-4H3,(H,27,29)(H,28,30)/t14-,17-,18+/m0/s1. The molecule has 1 saturated heterocycles. The molecule has 2 amide bonds. The van der Waals surface area contributed by atoms with E-state index in [1.54, 1.807) is 6.92 Å². The minimum absolute atomic E-state index is 0.187. The summed E-state index contributed by atoms with van der Waals surface area (Å²) in [5, 5.41) is 8.75. The molecular weight excluding hydrogens is 427 g/mol. The van der Waals surface area contributed by atoms with Crippen LogP contribution in [0.3, 0.4) is 0 Å². The number of amides is 2. The Morgan fingerprint density at radius 2 is 1.81 bits per heavy atom. The fourth-order valence-corrected chi connectivity index (χ4v) is 3.31. The van der Waals surface area contributed by atoms with Gasteiger partial charge in [-0.15, -0.1) is 13.2 Å². The molecular formula is C22H32F3N3O4. The van der Waals surface area contributed by atoms with Crippen molar-refractivity contribution in [1.82, 2.24) is 10.6 Å². The van der Waals surface area contributed by atoms with Crippen molar-refractivity contribution in [1.29, 1.82) is 0 Å². The molecule has 0 saturated carbocycles. The quantitative estimate of drug-likeness (QED) is 0.525. The van der Waals surface area contributed by atoms with Gasteiger partial charge in [0.25, 0.3) is 0 Å². The molecule has 0 unspecified atom stereocenters. The van der Waals surface area contributed by atoms with Gasteiger partial charge < -0.3 is 25.4 Å². The molecule has 2 rings (SSSR count). The number of carbonyl (C=O) groups excluding carboxylic acids is 2. The third kappa shape index (κ3) is 9.33. The first kappa shape index (κ1) is 25.8. The lowest BCUT2D eigenvalue weighted by molar-refractivity contribution is -0.274. The molecule has 32 heavy (non-hydrogen) atoms. The molecule has 1 aliphatic rings. The number of anilines is 1. The van der Waals surface area contributed by atoms with Gasteiger partial charge in [0.15, 0.2) is 0 Å². The summed E-state index contributed by atoms with van der Waals surface area (Å²) in [6.07, 6.45) is -3.34. The van der Waals surface area contributed by atoms with E-state index in [0.29, 0.717) is 31.7 Å².